The predicted molar refractivity (Wildman–Crippen MR) is 71.5 cm³/mol. The summed E-state index contributed by atoms with van der Waals surface area (Å²) in [6.45, 7) is -2.75. The summed E-state index contributed by atoms with van der Waals surface area (Å²) in [7, 11) is 0. The minimum absolute atomic E-state index is 0.00408. The maximum Gasteiger partial charge on any atom is 0.387 e. The van der Waals surface area contributed by atoms with Crippen molar-refractivity contribution in [3.63, 3.8) is 0 Å². The average Bonchev–Trinajstić information content (AvgIpc) is 2.45. The molecule has 0 aromatic heterocycles. The van der Waals surface area contributed by atoms with Crippen molar-refractivity contribution < 1.29 is 17.9 Å². The topological polar surface area (TPSA) is 45.0 Å². The first kappa shape index (κ1) is 14.7. The molecule has 0 saturated carbocycles. The Balaban J connectivity index is 2.13. The Hall–Kier alpha value is -2.68. The normalized spacial score (nSPS) is 10.2. The summed E-state index contributed by atoms with van der Waals surface area (Å²) in [6, 6.07) is 12.0. The van der Waals surface area contributed by atoms with E-state index in [1.807, 2.05) is 6.07 Å². The lowest BCUT2D eigenvalue weighted by Crippen LogP contribution is -2.06. The van der Waals surface area contributed by atoms with Gasteiger partial charge in [0.2, 0.25) is 0 Å². The molecular formula is C15H11F3N2O. The molecule has 0 saturated heterocycles. The quantitative estimate of drug-likeness (QED) is 0.908. The van der Waals surface area contributed by atoms with Gasteiger partial charge >= 0.3 is 6.61 Å². The molecule has 0 radical (unpaired) electrons. The minimum atomic E-state index is -2.92. The van der Waals surface area contributed by atoms with Crippen LogP contribution in [0.1, 0.15) is 11.1 Å². The molecule has 3 nitrogen and oxygen atoms in total. The zero-order valence-electron chi connectivity index (χ0n) is 10.8. The standard InChI is InChI=1S/C15H11F3N2O/c16-12-6-10(8-19)5-11(7-12)9-20-13-3-1-2-4-14(13)21-15(17)18/h1-7,15,20H,9H2. The fourth-order valence-electron chi connectivity index (χ4n) is 1.83. The fourth-order valence-corrected chi connectivity index (χ4v) is 1.83. The van der Waals surface area contributed by atoms with Gasteiger partial charge in [-0.3, -0.25) is 0 Å². The molecule has 0 aliphatic rings. The van der Waals surface area contributed by atoms with Crippen LogP contribution in [0.2, 0.25) is 0 Å². The molecule has 2 aromatic rings. The highest BCUT2D eigenvalue weighted by atomic mass is 19.3. The molecular weight excluding hydrogens is 281 g/mol. The van der Waals surface area contributed by atoms with Crippen LogP contribution in [0, 0.1) is 17.1 Å². The average molecular weight is 292 g/mol. The number of nitriles is 1. The van der Waals surface area contributed by atoms with Crippen LogP contribution >= 0.6 is 0 Å². The number of benzene rings is 2. The van der Waals surface area contributed by atoms with Gasteiger partial charge in [-0.1, -0.05) is 12.1 Å². The van der Waals surface area contributed by atoms with Crippen LogP contribution in [-0.2, 0) is 6.54 Å². The molecule has 0 aliphatic heterocycles. The molecule has 108 valence electrons. The van der Waals surface area contributed by atoms with E-state index >= 15 is 0 Å². The molecule has 0 bridgehead atoms. The van der Waals surface area contributed by atoms with E-state index in [1.54, 1.807) is 18.2 Å². The highest BCUT2D eigenvalue weighted by molar-refractivity contribution is 5.56. The third kappa shape index (κ3) is 4.14. The van der Waals surface area contributed by atoms with E-state index in [0.29, 0.717) is 11.3 Å². The third-order valence-electron chi connectivity index (χ3n) is 2.67. The Morgan fingerprint density at radius 2 is 1.95 bits per heavy atom. The zero-order chi connectivity index (χ0) is 15.2. The van der Waals surface area contributed by atoms with Crippen molar-refractivity contribution in [1.82, 2.24) is 0 Å². The second-order valence-electron chi connectivity index (χ2n) is 4.19. The number of halogens is 3. The molecule has 0 heterocycles. The Morgan fingerprint density at radius 1 is 1.19 bits per heavy atom. The predicted octanol–water partition coefficient (Wildman–Crippen LogP) is 3.91. The number of hydrogen-bond donors (Lipinski definition) is 1. The summed E-state index contributed by atoms with van der Waals surface area (Å²) in [6.07, 6.45) is 0. The maximum atomic E-state index is 13.3. The van der Waals surface area contributed by atoms with Crippen molar-refractivity contribution in [3.8, 4) is 11.8 Å². The second kappa shape index (κ2) is 6.66. The molecule has 6 heteroatoms. The molecule has 1 N–H and O–H groups in total. The number of nitrogens with zero attached hydrogens (tertiary/aromatic N) is 1. The smallest absolute Gasteiger partial charge is 0.387 e. The molecule has 0 amide bonds. The maximum absolute atomic E-state index is 13.3. The van der Waals surface area contributed by atoms with Crippen molar-refractivity contribution >= 4 is 5.69 Å². The summed E-state index contributed by atoms with van der Waals surface area (Å²) in [5, 5.41) is 11.7. The van der Waals surface area contributed by atoms with Crippen molar-refractivity contribution in [3.05, 3.63) is 59.4 Å². The Bertz CT molecular complexity index is 668. The summed E-state index contributed by atoms with van der Waals surface area (Å²) in [5.74, 6) is -0.521. The molecule has 0 atom stereocenters. The van der Waals surface area contributed by atoms with Gasteiger partial charge in [-0.05, 0) is 35.9 Å². The summed E-state index contributed by atoms with van der Waals surface area (Å²) in [4.78, 5) is 0. The highest BCUT2D eigenvalue weighted by Crippen LogP contribution is 2.26. The van der Waals surface area contributed by atoms with Crippen molar-refractivity contribution in [1.29, 1.82) is 5.26 Å². The highest BCUT2D eigenvalue weighted by Gasteiger charge is 2.09. The lowest BCUT2D eigenvalue weighted by molar-refractivity contribution is -0.0493. The van der Waals surface area contributed by atoms with E-state index < -0.39 is 12.4 Å². The van der Waals surface area contributed by atoms with Crippen LogP contribution in [0.5, 0.6) is 5.75 Å². The monoisotopic (exact) mass is 292 g/mol. The fraction of sp³-hybridized carbons (Fsp3) is 0.133. The van der Waals surface area contributed by atoms with Gasteiger partial charge in [-0.2, -0.15) is 14.0 Å². The van der Waals surface area contributed by atoms with Gasteiger partial charge in [0.05, 0.1) is 17.3 Å². The number of hydrogen-bond acceptors (Lipinski definition) is 3. The van der Waals surface area contributed by atoms with Gasteiger partial charge in [0, 0.05) is 6.54 Å². The van der Waals surface area contributed by atoms with Crippen LogP contribution < -0.4 is 10.1 Å². The van der Waals surface area contributed by atoms with Crippen LogP contribution in [0.3, 0.4) is 0 Å². The largest absolute Gasteiger partial charge is 0.433 e. The number of para-hydroxylation sites is 2. The van der Waals surface area contributed by atoms with Gasteiger partial charge in [-0.15, -0.1) is 0 Å². The Kier molecular flexibility index (Phi) is 4.67. The number of alkyl halides is 2. The zero-order valence-corrected chi connectivity index (χ0v) is 10.8. The van der Waals surface area contributed by atoms with Gasteiger partial charge in [0.15, 0.2) is 0 Å². The van der Waals surface area contributed by atoms with E-state index in [-0.39, 0.29) is 17.9 Å². The summed E-state index contributed by atoms with van der Waals surface area (Å²) in [5.41, 5.74) is 1.09. The first-order valence-corrected chi connectivity index (χ1v) is 6.06. The Morgan fingerprint density at radius 3 is 2.67 bits per heavy atom. The molecule has 2 aromatic carbocycles. The molecule has 0 aliphatic carbocycles. The van der Waals surface area contributed by atoms with Crippen LogP contribution in [0.25, 0.3) is 0 Å². The number of rotatable bonds is 5. The molecule has 0 unspecified atom stereocenters. The van der Waals surface area contributed by atoms with Crippen LogP contribution in [0.15, 0.2) is 42.5 Å². The minimum Gasteiger partial charge on any atom is -0.433 e. The van der Waals surface area contributed by atoms with Crippen molar-refractivity contribution in [2.45, 2.75) is 13.2 Å². The van der Waals surface area contributed by atoms with Crippen molar-refractivity contribution in [2.75, 3.05) is 5.32 Å². The van der Waals surface area contributed by atoms with Crippen LogP contribution in [-0.4, -0.2) is 6.61 Å². The number of nitrogens with one attached hydrogen (secondary N) is 1. The Labute approximate surface area is 119 Å². The van der Waals surface area contributed by atoms with E-state index in [0.717, 1.165) is 6.07 Å². The van der Waals surface area contributed by atoms with E-state index in [1.165, 1.54) is 18.2 Å². The summed E-state index contributed by atoms with van der Waals surface area (Å²) < 4.78 is 42.2. The van der Waals surface area contributed by atoms with Crippen LogP contribution in [0.4, 0.5) is 18.9 Å². The number of ether oxygens (including phenoxy) is 1. The van der Waals surface area contributed by atoms with E-state index in [4.69, 9.17) is 5.26 Å². The van der Waals surface area contributed by atoms with Gasteiger partial charge in [0.1, 0.15) is 11.6 Å². The first-order chi connectivity index (χ1) is 10.1. The molecule has 0 spiro atoms. The number of anilines is 1. The molecule has 21 heavy (non-hydrogen) atoms. The lowest BCUT2D eigenvalue weighted by atomic mass is 10.1. The SMILES string of the molecule is N#Cc1cc(F)cc(CNc2ccccc2OC(F)F)c1. The van der Waals surface area contributed by atoms with Gasteiger partial charge < -0.3 is 10.1 Å². The van der Waals surface area contributed by atoms with E-state index in [2.05, 4.69) is 10.1 Å². The van der Waals surface area contributed by atoms with Gasteiger partial charge in [-0.25, -0.2) is 4.39 Å². The third-order valence-corrected chi connectivity index (χ3v) is 2.67. The van der Waals surface area contributed by atoms with E-state index in [9.17, 15) is 13.2 Å². The summed E-state index contributed by atoms with van der Waals surface area (Å²) >= 11 is 0. The molecule has 2 rings (SSSR count). The first-order valence-electron chi connectivity index (χ1n) is 6.06. The van der Waals surface area contributed by atoms with Crippen molar-refractivity contribution in [2.24, 2.45) is 0 Å². The lowest BCUT2D eigenvalue weighted by Gasteiger charge is -2.12. The second-order valence-corrected chi connectivity index (χ2v) is 4.19. The van der Waals surface area contributed by atoms with Gasteiger partial charge in [0.25, 0.3) is 0 Å². The molecule has 0 fully saturated rings.